The van der Waals surface area contributed by atoms with Crippen molar-refractivity contribution in [3.05, 3.63) is 89.7 Å². The zero-order valence-corrected chi connectivity index (χ0v) is 12.8. The van der Waals surface area contributed by atoms with Crippen molar-refractivity contribution in [1.82, 2.24) is 0 Å². The third kappa shape index (κ3) is 3.60. The lowest BCUT2D eigenvalue weighted by atomic mass is 9.99. The molecule has 0 saturated carbocycles. The van der Waals surface area contributed by atoms with Gasteiger partial charge in [0.2, 0.25) is 0 Å². The first-order valence-electron chi connectivity index (χ1n) is 7.43. The molecule has 4 heteroatoms. The van der Waals surface area contributed by atoms with E-state index >= 15 is 0 Å². The van der Waals surface area contributed by atoms with E-state index in [1.54, 1.807) is 24.3 Å². The number of carbonyl (C=O) groups is 1. The molecule has 0 saturated heterocycles. The van der Waals surface area contributed by atoms with Gasteiger partial charge in [0, 0.05) is 0 Å². The minimum absolute atomic E-state index is 0.0524. The van der Waals surface area contributed by atoms with Crippen molar-refractivity contribution < 1.29 is 19.0 Å². The third-order valence-electron chi connectivity index (χ3n) is 3.61. The van der Waals surface area contributed by atoms with Crippen molar-refractivity contribution in [1.29, 1.82) is 0 Å². The Morgan fingerprint density at radius 1 is 0.958 bits per heavy atom. The first kappa shape index (κ1) is 15.7. The van der Waals surface area contributed by atoms with E-state index in [4.69, 9.17) is 4.74 Å². The molecule has 0 bridgehead atoms. The van der Waals surface area contributed by atoms with Gasteiger partial charge in [-0.15, -0.1) is 0 Å². The van der Waals surface area contributed by atoms with Crippen molar-refractivity contribution in [2.24, 2.45) is 0 Å². The lowest BCUT2D eigenvalue weighted by Crippen LogP contribution is -2.00. The molecule has 0 unspecified atom stereocenters. The molecule has 3 nitrogen and oxygen atoms in total. The smallest absolute Gasteiger partial charge is 0.336 e. The Hall–Kier alpha value is -3.14. The zero-order chi connectivity index (χ0) is 16.9. The van der Waals surface area contributed by atoms with Crippen molar-refractivity contribution in [2.75, 3.05) is 0 Å². The summed E-state index contributed by atoms with van der Waals surface area (Å²) in [6.07, 6.45) is 0. The first-order chi connectivity index (χ1) is 11.6. The van der Waals surface area contributed by atoms with Crippen molar-refractivity contribution >= 4 is 5.97 Å². The van der Waals surface area contributed by atoms with Gasteiger partial charge in [0.15, 0.2) is 0 Å². The molecule has 0 aromatic heterocycles. The van der Waals surface area contributed by atoms with E-state index in [1.165, 1.54) is 12.1 Å². The van der Waals surface area contributed by atoms with Crippen LogP contribution in [-0.2, 0) is 6.61 Å². The Labute approximate surface area is 139 Å². The largest absolute Gasteiger partial charge is 0.489 e. The van der Waals surface area contributed by atoms with Crippen LogP contribution in [0.1, 0.15) is 15.9 Å². The molecule has 0 aliphatic heterocycles. The van der Waals surface area contributed by atoms with Gasteiger partial charge >= 0.3 is 5.97 Å². The molecule has 24 heavy (non-hydrogen) atoms. The van der Waals surface area contributed by atoms with Crippen LogP contribution in [0.4, 0.5) is 4.39 Å². The number of ether oxygens (including phenoxy) is 1. The van der Waals surface area contributed by atoms with Gasteiger partial charge in [-0.25, -0.2) is 9.18 Å². The highest BCUT2D eigenvalue weighted by Gasteiger charge is 2.13. The van der Waals surface area contributed by atoms with Crippen LogP contribution >= 0.6 is 0 Å². The van der Waals surface area contributed by atoms with Gasteiger partial charge in [0.25, 0.3) is 0 Å². The van der Waals surface area contributed by atoms with Gasteiger partial charge in [-0.3, -0.25) is 0 Å². The Morgan fingerprint density at radius 2 is 1.75 bits per heavy atom. The molecule has 0 aliphatic rings. The van der Waals surface area contributed by atoms with Crippen molar-refractivity contribution in [2.45, 2.75) is 6.61 Å². The normalized spacial score (nSPS) is 10.4. The predicted molar refractivity (Wildman–Crippen MR) is 89.6 cm³/mol. The quantitative estimate of drug-likeness (QED) is 0.736. The van der Waals surface area contributed by atoms with E-state index in [9.17, 15) is 14.3 Å². The highest BCUT2D eigenvalue weighted by Crippen LogP contribution is 2.28. The van der Waals surface area contributed by atoms with E-state index in [0.29, 0.717) is 23.5 Å². The first-order valence-corrected chi connectivity index (χ1v) is 7.43. The van der Waals surface area contributed by atoms with Gasteiger partial charge < -0.3 is 9.84 Å². The van der Waals surface area contributed by atoms with Gasteiger partial charge in [-0.2, -0.15) is 0 Å². The fourth-order valence-electron chi connectivity index (χ4n) is 2.44. The van der Waals surface area contributed by atoms with E-state index in [0.717, 1.165) is 11.6 Å². The number of aromatic carboxylic acids is 1. The average molecular weight is 322 g/mol. The Bertz CT molecular complexity index is 860. The number of carboxylic acid groups (broad SMARTS) is 1. The van der Waals surface area contributed by atoms with Crippen molar-refractivity contribution in [3.8, 4) is 16.9 Å². The Morgan fingerprint density at radius 3 is 2.50 bits per heavy atom. The molecule has 3 rings (SSSR count). The summed E-state index contributed by atoms with van der Waals surface area (Å²) in [4.78, 5) is 11.3. The number of hydrogen-bond acceptors (Lipinski definition) is 2. The summed E-state index contributed by atoms with van der Waals surface area (Å²) in [6.45, 7) is 0.402. The van der Waals surface area contributed by atoms with E-state index in [1.807, 2.05) is 30.3 Å². The fraction of sp³-hybridized carbons (Fsp3) is 0.0500. The minimum atomic E-state index is -1.10. The molecule has 3 aromatic rings. The van der Waals surface area contributed by atoms with E-state index in [2.05, 4.69) is 0 Å². The van der Waals surface area contributed by atoms with E-state index in [-0.39, 0.29) is 5.56 Å². The fourth-order valence-corrected chi connectivity index (χ4v) is 2.44. The molecule has 0 amide bonds. The summed E-state index contributed by atoms with van der Waals surface area (Å²) in [6, 6.07) is 20.3. The van der Waals surface area contributed by atoms with Crippen LogP contribution < -0.4 is 4.74 Å². The SMILES string of the molecule is O=C(O)c1ccc(F)cc1-c1cccc(OCc2ccccc2)c1. The van der Waals surface area contributed by atoms with Gasteiger partial charge in [0.1, 0.15) is 18.2 Å². The van der Waals surface area contributed by atoms with Crippen LogP contribution in [0.15, 0.2) is 72.8 Å². The summed E-state index contributed by atoms with van der Waals surface area (Å²) in [5, 5.41) is 9.29. The molecule has 120 valence electrons. The van der Waals surface area contributed by atoms with Crippen LogP contribution in [0.5, 0.6) is 5.75 Å². The molecule has 0 aliphatic carbocycles. The Kier molecular flexibility index (Phi) is 4.57. The number of hydrogen-bond donors (Lipinski definition) is 1. The lowest BCUT2D eigenvalue weighted by molar-refractivity contribution is 0.0697. The summed E-state index contributed by atoms with van der Waals surface area (Å²) < 4.78 is 19.3. The van der Waals surface area contributed by atoms with Crippen LogP contribution in [0.2, 0.25) is 0 Å². The molecule has 0 atom stereocenters. The second-order valence-electron chi connectivity index (χ2n) is 5.30. The van der Waals surface area contributed by atoms with Gasteiger partial charge in [-0.1, -0.05) is 42.5 Å². The van der Waals surface area contributed by atoms with E-state index < -0.39 is 11.8 Å². The molecular formula is C20H15FO3. The van der Waals surface area contributed by atoms with Gasteiger partial charge in [0.05, 0.1) is 5.56 Å². The summed E-state index contributed by atoms with van der Waals surface area (Å²) in [5.74, 6) is -0.983. The second kappa shape index (κ2) is 6.96. The topological polar surface area (TPSA) is 46.5 Å². The Balaban J connectivity index is 1.88. The average Bonchev–Trinajstić information content (AvgIpc) is 2.61. The lowest BCUT2D eigenvalue weighted by Gasteiger charge is -2.10. The zero-order valence-electron chi connectivity index (χ0n) is 12.8. The maximum absolute atomic E-state index is 13.5. The van der Waals surface area contributed by atoms with Crippen LogP contribution in [-0.4, -0.2) is 11.1 Å². The molecule has 0 heterocycles. The molecule has 1 N–H and O–H groups in total. The summed E-state index contributed by atoms with van der Waals surface area (Å²) in [7, 11) is 0. The number of benzene rings is 3. The second-order valence-corrected chi connectivity index (χ2v) is 5.30. The number of rotatable bonds is 5. The molecule has 0 radical (unpaired) electrons. The monoisotopic (exact) mass is 322 g/mol. The number of halogens is 1. The molecular weight excluding hydrogens is 307 g/mol. The summed E-state index contributed by atoms with van der Waals surface area (Å²) >= 11 is 0. The van der Waals surface area contributed by atoms with Crippen molar-refractivity contribution in [3.63, 3.8) is 0 Å². The predicted octanol–water partition coefficient (Wildman–Crippen LogP) is 4.77. The molecule has 3 aromatic carbocycles. The van der Waals surface area contributed by atoms with Crippen LogP contribution in [0.3, 0.4) is 0 Å². The molecule has 0 spiro atoms. The van der Waals surface area contributed by atoms with Crippen LogP contribution in [0, 0.1) is 5.82 Å². The van der Waals surface area contributed by atoms with Crippen LogP contribution in [0.25, 0.3) is 11.1 Å². The minimum Gasteiger partial charge on any atom is -0.489 e. The number of carboxylic acids is 1. The third-order valence-corrected chi connectivity index (χ3v) is 3.61. The standard InChI is InChI=1S/C20H15FO3/c21-16-9-10-18(20(22)23)19(12-16)15-7-4-8-17(11-15)24-13-14-5-2-1-3-6-14/h1-12H,13H2,(H,22,23). The highest BCUT2D eigenvalue weighted by molar-refractivity contribution is 5.96. The maximum atomic E-state index is 13.5. The summed E-state index contributed by atoms with van der Waals surface area (Å²) in [5.41, 5.74) is 2.00. The maximum Gasteiger partial charge on any atom is 0.336 e. The highest BCUT2D eigenvalue weighted by atomic mass is 19.1. The van der Waals surface area contributed by atoms with Gasteiger partial charge in [-0.05, 0) is 47.0 Å². The molecule has 0 fully saturated rings.